The molecule has 0 radical (unpaired) electrons. The first kappa shape index (κ1) is 8.62. The van der Waals surface area contributed by atoms with E-state index in [2.05, 4.69) is 5.10 Å². The molecule has 0 unspecified atom stereocenters. The Labute approximate surface area is 79.8 Å². The predicted octanol–water partition coefficient (Wildman–Crippen LogP) is 1.71. The Kier molecular flexibility index (Phi) is 2.10. The summed E-state index contributed by atoms with van der Waals surface area (Å²) in [6.45, 7) is 0. The van der Waals surface area contributed by atoms with Crippen molar-refractivity contribution in [3.8, 4) is 0 Å². The molecule has 2 rings (SSSR count). The Balaban J connectivity index is 2.37. The third-order valence-corrected chi connectivity index (χ3v) is 1.78. The Morgan fingerprint density at radius 3 is 2.86 bits per heavy atom. The van der Waals surface area contributed by atoms with Crippen LogP contribution in [0, 0.1) is 5.82 Å². The van der Waals surface area contributed by atoms with E-state index in [-0.39, 0.29) is 11.5 Å². The van der Waals surface area contributed by atoms with E-state index in [4.69, 9.17) is 0 Å². The number of halogens is 1. The predicted molar refractivity (Wildman–Crippen MR) is 48.4 cm³/mol. The summed E-state index contributed by atoms with van der Waals surface area (Å²) in [4.78, 5) is 11.6. The van der Waals surface area contributed by atoms with Crippen molar-refractivity contribution in [3.63, 3.8) is 0 Å². The highest BCUT2D eigenvalue weighted by molar-refractivity contribution is 5.95. The van der Waals surface area contributed by atoms with Gasteiger partial charge in [0, 0.05) is 18.0 Å². The summed E-state index contributed by atoms with van der Waals surface area (Å²) < 4.78 is 13.9. The third kappa shape index (κ3) is 1.54. The first-order valence-electron chi connectivity index (χ1n) is 4.07. The molecule has 0 N–H and O–H groups in total. The number of aromatic nitrogens is 2. The molecule has 1 heterocycles. The summed E-state index contributed by atoms with van der Waals surface area (Å²) >= 11 is 0. The fraction of sp³-hybridized carbons (Fsp3) is 0. The summed E-state index contributed by atoms with van der Waals surface area (Å²) in [6.07, 6.45) is 3.02. The Hall–Kier alpha value is -1.97. The van der Waals surface area contributed by atoms with Gasteiger partial charge >= 0.3 is 0 Å². The van der Waals surface area contributed by atoms with Crippen molar-refractivity contribution in [2.45, 2.75) is 0 Å². The minimum absolute atomic E-state index is 0.286. The molecule has 0 spiro atoms. The van der Waals surface area contributed by atoms with E-state index < -0.39 is 5.82 Å². The van der Waals surface area contributed by atoms with E-state index in [1.807, 2.05) is 0 Å². The van der Waals surface area contributed by atoms with Crippen LogP contribution in [-0.2, 0) is 0 Å². The maximum atomic E-state index is 12.8. The monoisotopic (exact) mass is 190 g/mol. The van der Waals surface area contributed by atoms with Gasteiger partial charge in [-0.25, -0.2) is 9.07 Å². The molecule has 0 saturated carbocycles. The zero-order valence-corrected chi connectivity index (χ0v) is 7.22. The molecule has 3 nitrogen and oxygen atoms in total. The molecular weight excluding hydrogens is 183 g/mol. The van der Waals surface area contributed by atoms with E-state index in [1.165, 1.54) is 30.6 Å². The topological polar surface area (TPSA) is 34.9 Å². The first-order valence-corrected chi connectivity index (χ1v) is 4.07. The van der Waals surface area contributed by atoms with E-state index in [0.717, 1.165) is 4.68 Å². The van der Waals surface area contributed by atoms with Crippen LogP contribution in [0.2, 0.25) is 0 Å². The van der Waals surface area contributed by atoms with Crippen molar-refractivity contribution < 1.29 is 9.18 Å². The van der Waals surface area contributed by atoms with Crippen LogP contribution in [0.4, 0.5) is 4.39 Å². The standard InChI is InChI=1S/C10H7FN2O/c11-9-4-1-3-8(7-9)10(14)13-6-2-5-12-13/h1-7H. The molecule has 1 aromatic heterocycles. The van der Waals surface area contributed by atoms with Gasteiger partial charge in [0.05, 0.1) is 0 Å². The van der Waals surface area contributed by atoms with E-state index >= 15 is 0 Å². The molecule has 0 aliphatic carbocycles. The van der Waals surface area contributed by atoms with Crippen molar-refractivity contribution in [2.24, 2.45) is 0 Å². The van der Waals surface area contributed by atoms with E-state index in [9.17, 15) is 9.18 Å². The molecule has 2 aromatic rings. The summed E-state index contributed by atoms with van der Waals surface area (Å²) in [5.74, 6) is -0.766. The lowest BCUT2D eigenvalue weighted by molar-refractivity contribution is 0.0944. The number of rotatable bonds is 1. The maximum absolute atomic E-state index is 12.8. The number of nitrogens with zero attached hydrogens (tertiary/aromatic N) is 2. The maximum Gasteiger partial charge on any atom is 0.278 e. The van der Waals surface area contributed by atoms with Gasteiger partial charge in [0.25, 0.3) is 5.91 Å². The van der Waals surface area contributed by atoms with E-state index in [0.29, 0.717) is 0 Å². The average molecular weight is 190 g/mol. The van der Waals surface area contributed by atoms with Gasteiger partial charge in [0.2, 0.25) is 0 Å². The Bertz CT molecular complexity index is 451. The lowest BCUT2D eigenvalue weighted by atomic mass is 10.2. The average Bonchev–Trinajstić information content (AvgIpc) is 2.69. The van der Waals surface area contributed by atoms with Gasteiger partial charge in [-0.1, -0.05) is 6.07 Å². The molecule has 4 heteroatoms. The molecule has 14 heavy (non-hydrogen) atoms. The highest BCUT2D eigenvalue weighted by atomic mass is 19.1. The second-order valence-electron chi connectivity index (χ2n) is 2.77. The van der Waals surface area contributed by atoms with Gasteiger partial charge < -0.3 is 0 Å². The van der Waals surface area contributed by atoms with Gasteiger partial charge in [0.1, 0.15) is 5.82 Å². The fourth-order valence-electron chi connectivity index (χ4n) is 1.14. The smallest absolute Gasteiger partial charge is 0.267 e. The molecule has 0 saturated heterocycles. The second kappa shape index (κ2) is 3.41. The normalized spacial score (nSPS) is 10.1. The van der Waals surface area contributed by atoms with Crippen LogP contribution >= 0.6 is 0 Å². The van der Waals surface area contributed by atoms with Crippen LogP contribution in [0.25, 0.3) is 0 Å². The van der Waals surface area contributed by atoms with Crippen molar-refractivity contribution in [1.29, 1.82) is 0 Å². The van der Waals surface area contributed by atoms with Gasteiger partial charge in [-0.15, -0.1) is 0 Å². The van der Waals surface area contributed by atoms with Crippen LogP contribution in [0.3, 0.4) is 0 Å². The molecule has 0 aliphatic rings. The van der Waals surface area contributed by atoms with E-state index in [1.54, 1.807) is 12.1 Å². The quantitative estimate of drug-likeness (QED) is 0.686. The van der Waals surface area contributed by atoms with Crippen LogP contribution < -0.4 is 0 Å². The third-order valence-electron chi connectivity index (χ3n) is 1.78. The Morgan fingerprint density at radius 1 is 1.36 bits per heavy atom. The van der Waals surface area contributed by atoms with Gasteiger partial charge in [0.15, 0.2) is 0 Å². The molecule has 0 bridgehead atoms. The summed E-state index contributed by atoms with van der Waals surface area (Å²) in [6, 6.07) is 7.15. The first-order chi connectivity index (χ1) is 6.77. The molecule has 0 fully saturated rings. The molecule has 70 valence electrons. The summed E-state index contributed by atoms with van der Waals surface area (Å²) in [5.41, 5.74) is 0.286. The van der Waals surface area contributed by atoms with Gasteiger partial charge in [-0.2, -0.15) is 5.10 Å². The van der Waals surface area contributed by atoms with Crippen molar-refractivity contribution in [2.75, 3.05) is 0 Å². The molecular formula is C10H7FN2O. The minimum atomic E-state index is -0.428. The minimum Gasteiger partial charge on any atom is -0.267 e. The number of hydrogen-bond donors (Lipinski definition) is 0. The Morgan fingerprint density at radius 2 is 2.21 bits per heavy atom. The van der Waals surface area contributed by atoms with Crippen LogP contribution in [0.1, 0.15) is 10.4 Å². The highest BCUT2D eigenvalue weighted by Gasteiger charge is 2.08. The molecule has 0 aliphatic heterocycles. The number of hydrogen-bond acceptors (Lipinski definition) is 2. The zero-order valence-electron chi connectivity index (χ0n) is 7.22. The van der Waals surface area contributed by atoms with Gasteiger partial charge in [-0.05, 0) is 24.3 Å². The molecule has 0 atom stereocenters. The van der Waals surface area contributed by atoms with Crippen LogP contribution in [0.5, 0.6) is 0 Å². The number of carbonyl (C=O) groups excluding carboxylic acids is 1. The van der Waals surface area contributed by atoms with Crippen molar-refractivity contribution in [3.05, 3.63) is 54.1 Å². The number of carbonyl (C=O) groups is 1. The van der Waals surface area contributed by atoms with Crippen LogP contribution in [0.15, 0.2) is 42.7 Å². The van der Waals surface area contributed by atoms with Crippen molar-refractivity contribution in [1.82, 2.24) is 9.78 Å². The zero-order chi connectivity index (χ0) is 9.97. The van der Waals surface area contributed by atoms with Crippen LogP contribution in [-0.4, -0.2) is 15.7 Å². The lowest BCUT2D eigenvalue weighted by Gasteiger charge is -1.99. The number of benzene rings is 1. The SMILES string of the molecule is O=C(c1cccc(F)c1)n1cccn1. The molecule has 0 amide bonds. The highest BCUT2D eigenvalue weighted by Crippen LogP contribution is 2.05. The lowest BCUT2D eigenvalue weighted by Crippen LogP contribution is -2.12. The second-order valence-corrected chi connectivity index (χ2v) is 2.77. The summed E-state index contributed by atoms with van der Waals surface area (Å²) in [7, 11) is 0. The largest absolute Gasteiger partial charge is 0.278 e. The van der Waals surface area contributed by atoms with Crippen molar-refractivity contribution >= 4 is 5.91 Å². The molecule has 1 aromatic carbocycles. The fourth-order valence-corrected chi connectivity index (χ4v) is 1.14. The van der Waals surface area contributed by atoms with Gasteiger partial charge in [-0.3, -0.25) is 4.79 Å². The summed E-state index contributed by atoms with van der Waals surface area (Å²) in [5, 5.41) is 3.77.